The van der Waals surface area contributed by atoms with Crippen LogP contribution in [-0.4, -0.2) is 56.5 Å². The number of hydrogen-bond donors (Lipinski definition) is 0. The zero-order valence-corrected chi connectivity index (χ0v) is 55.7. The minimum Gasteiger partial charge on any atom is -1.00 e. The van der Waals surface area contributed by atoms with Crippen molar-refractivity contribution in [3.05, 3.63) is 73.9 Å². The Labute approximate surface area is 421 Å². The Bertz CT molecular complexity index is 2060. The summed E-state index contributed by atoms with van der Waals surface area (Å²) >= 11 is 2.83. The molecule has 62 heavy (non-hydrogen) atoms. The van der Waals surface area contributed by atoms with Gasteiger partial charge in [0.15, 0.2) is 0 Å². The van der Waals surface area contributed by atoms with Gasteiger partial charge in [0.2, 0.25) is 0 Å². The molecule has 0 unspecified atom stereocenters. The summed E-state index contributed by atoms with van der Waals surface area (Å²) in [6, 6.07) is 8.44. The van der Waals surface area contributed by atoms with Crippen LogP contribution in [0.5, 0.6) is 0 Å². The molecule has 3 aromatic rings. The topological polar surface area (TPSA) is 0 Å². The minimum absolute atomic E-state index is 0. The molecule has 0 nitrogen and oxygen atoms in total. The van der Waals surface area contributed by atoms with Gasteiger partial charge in [0.05, 0.1) is 0 Å². The first kappa shape index (κ1) is 60.3. The summed E-state index contributed by atoms with van der Waals surface area (Å²) < 4.78 is -0.178. The second-order valence-corrected chi connectivity index (χ2v) is 61.2. The number of halogens is 3. The number of allylic oxidation sites excluding steroid dienone is 4. The Kier molecular flexibility index (Phi) is 18.4. The first-order chi connectivity index (χ1) is 26.1. The second-order valence-electron chi connectivity index (χ2n) is 25.3. The molecule has 0 spiro atoms. The van der Waals surface area contributed by atoms with Crippen LogP contribution in [0.3, 0.4) is 0 Å². The van der Waals surface area contributed by atoms with Crippen LogP contribution < -0.4 is 83.9 Å². The van der Waals surface area contributed by atoms with Gasteiger partial charge in [-0.05, 0) is 0 Å². The van der Waals surface area contributed by atoms with Crippen molar-refractivity contribution in [2.45, 2.75) is 190 Å². The Morgan fingerprint density at radius 2 is 0.516 bits per heavy atom. The predicted octanol–water partition coefficient (Wildman–Crippen LogP) is 1.22. The number of hydrogen-bond acceptors (Lipinski definition) is 0. The maximum Gasteiger partial charge on any atom is -1.00 e. The molecule has 0 saturated heterocycles. The fraction of sp³-hybridized carbons (Fsp3) is 0.569. The number of aryl methyl sites for hydroxylation is 3. The van der Waals surface area contributed by atoms with Gasteiger partial charge in [-0.3, -0.25) is 0 Å². The van der Waals surface area contributed by atoms with E-state index in [1.54, 1.807) is 86.8 Å². The summed E-state index contributed by atoms with van der Waals surface area (Å²) in [7, 11) is -14.7. The third-order valence-corrected chi connectivity index (χ3v) is 37.1. The van der Waals surface area contributed by atoms with Gasteiger partial charge < -0.3 is 37.2 Å². The van der Waals surface area contributed by atoms with Crippen LogP contribution in [0.15, 0.2) is 40.5 Å². The van der Waals surface area contributed by atoms with E-state index in [-0.39, 0.29) is 40.6 Å². The summed E-state index contributed by atoms with van der Waals surface area (Å²) in [5, 5.41) is 15.9. The molecule has 344 valence electrons. The summed E-state index contributed by atoms with van der Waals surface area (Å²) in [4.78, 5) is 0. The Morgan fingerprint density at radius 3 is 0.677 bits per heavy atom. The van der Waals surface area contributed by atoms with Crippen molar-refractivity contribution in [2.75, 3.05) is 0 Å². The molecule has 0 aromatic heterocycles. The molecule has 3 aromatic carbocycles. The first-order valence-electron chi connectivity index (χ1n) is 22.7. The van der Waals surface area contributed by atoms with E-state index in [2.05, 4.69) is 226 Å². The van der Waals surface area contributed by atoms with E-state index in [4.69, 9.17) is 0 Å². The van der Waals surface area contributed by atoms with Crippen LogP contribution >= 0.6 is 0 Å². The zero-order chi connectivity index (χ0) is 46.1. The van der Waals surface area contributed by atoms with Crippen molar-refractivity contribution < 1.29 is 57.7 Å². The first-order valence-corrected chi connectivity index (χ1v) is 46.5. The molecule has 0 bridgehead atoms. The second kappa shape index (κ2) is 19.0. The third kappa shape index (κ3) is 9.75. The summed E-state index contributed by atoms with van der Waals surface area (Å²) in [5.74, 6) is 0. The molecular formula is C51H87Cl3Si7Ti. The van der Waals surface area contributed by atoms with E-state index in [0.29, 0.717) is 0 Å². The maximum atomic E-state index is 2.83. The quantitative estimate of drug-likeness (QED) is 0.212. The summed E-state index contributed by atoms with van der Waals surface area (Å²) in [6.07, 6.45) is 0. The molecule has 0 radical (unpaired) electrons. The molecule has 1 aliphatic rings. The fourth-order valence-electron chi connectivity index (χ4n) is 12.5. The van der Waals surface area contributed by atoms with Crippen LogP contribution in [0.1, 0.15) is 61.1 Å². The van der Waals surface area contributed by atoms with Gasteiger partial charge in [-0.15, -0.1) is 0 Å². The molecule has 11 heteroatoms. The van der Waals surface area contributed by atoms with Crippen molar-refractivity contribution in [3.63, 3.8) is 0 Å². The molecule has 0 saturated carbocycles. The zero-order valence-electron chi connectivity index (χ0n) is 44.9. The van der Waals surface area contributed by atoms with E-state index in [9.17, 15) is 0 Å². The van der Waals surface area contributed by atoms with Gasteiger partial charge in [0.1, 0.15) is 0 Å². The molecule has 0 N–H and O–H groups in total. The SMILES string of the molecule is CC1=C(C)[C]([Ti+3])([Si](c2c([Si](C)(C)C)cc(C)c([Si](C)(C)C)c2C)(c2c([Si](C)(C)C)cc(C)c([Si](C)(C)C)c2C)c2c([Si](C)(C)C)cc(C)c([Si](C)(C)C)c2C)C(C)=C1C.[Cl-].[Cl-].[Cl-]. The van der Waals surface area contributed by atoms with Gasteiger partial charge in [-0.1, -0.05) is 0 Å². The van der Waals surface area contributed by atoms with Gasteiger partial charge >= 0.3 is 388 Å². The average Bonchev–Trinajstić information content (AvgIpc) is 3.15. The monoisotopic (exact) mass is 1050 g/mol. The van der Waals surface area contributed by atoms with E-state index < -0.39 is 56.5 Å². The molecule has 1 aliphatic carbocycles. The Balaban J connectivity index is 0.00000641. The smallest absolute Gasteiger partial charge is 1.00 e. The largest absolute Gasteiger partial charge is 1.00 e. The standard InChI is InChI=1S/C51H87Si7.3ClH.Ti/c1-32-29-42(52(11,12)13)49(39(8)45(32)55(20,21)22)58(48-37(6)35(4)36(5)38(48)7,50-40(9)46(56(23,24)25)33(2)30-43(50)53(14,15)16)51-41(10)47(57(26,27)28)34(3)31-44(51)54(17,18)19;;;;/h29-31H,1-28H3;3*1H;/q;;;;+3/p-3. The van der Waals surface area contributed by atoms with Gasteiger partial charge in [-0.25, -0.2) is 0 Å². The molecule has 0 atom stereocenters. The molecule has 0 amide bonds. The van der Waals surface area contributed by atoms with E-state index in [1.807, 2.05) is 15.6 Å². The molecule has 4 rings (SSSR count). The normalized spacial score (nSPS) is 15.5. The predicted molar refractivity (Wildman–Crippen MR) is 290 cm³/mol. The Hall–Kier alpha value is 0.242. The fourth-order valence-corrected chi connectivity index (χ4v) is 39.5. The van der Waals surface area contributed by atoms with Crippen LogP contribution in [0.4, 0.5) is 0 Å². The molecule has 0 fully saturated rings. The average molecular weight is 1050 g/mol. The van der Waals surface area contributed by atoms with Crippen molar-refractivity contribution >= 4 is 103 Å². The number of rotatable bonds is 10. The maximum absolute atomic E-state index is 3.27. The van der Waals surface area contributed by atoms with Gasteiger partial charge in [-0.2, -0.15) is 0 Å². The minimum atomic E-state index is -3.27. The third-order valence-electron chi connectivity index (χ3n) is 14.5. The van der Waals surface area contributed by atoms with Crippen molar-refractivity contribution in [3.8, 4) is 0 Å². The van der Waals surface area contributed by atoms with Gasteiger partial charge in [0, 0.05) is 0 Å². The molecular weight excluding hydrogens is 963 g/mol. The van der Waals surface area contributed by atoms with Gasteiger partial charge in [0.25, 0.3) is 0 Å². The van der Waals surface area contributed by atoms with Crippen molar-refractivity contribution in [1.82, 2.24) is 0 Å². The van der Waals surface area contributed by atoms with Crippen LogP contribution in [0, 0.1) is 41.5 Å². The van der Waals surface area contributed by atoms with E-state index >= 15 is 0 Å². The van der Waals surface area contributed by atoms with E-state index in [1.165, 1.54) is 0 Å². The van der Waals surface area contributed by atoms with Crippen LogP contribution in [0.25, 0.3) is 0 Å². The summed E-state index contributed by atoms with van der Waals surface area (Å²) in [6.45, 7) is 73.4. The van der Waals surface area contributed by atoms with Crippen molar-refractivity contribution in [2.24, 2.45) is 0 Å². The number of benzene rings is 3. The molecule has 0 heterocycles. The summed E-state index contributed by atoms with van der Waals surface area (Å²) in [5.41, 5.74) is 16.0. The Morgan fingerprint density at radius 1 is 0.323 bits per heavy atom. The van der Waals surface area contributed by atoms with Crippen LogP contribution in [0.2, 0.25) is 121 Å². The van der Waals surface area contributed by atoms with E-state index in [0.717, 1.165) is 0 Å². The van der Waals surface area contributed by atoms with Crippen LogP contribution in [-0.2, 0) is 20.4 Å². The molecule has 0 aliphatic heterocycles. The van der Waals surface area contributed by atoms with Crippen molar-refractivity contribution in [1.29, 1.82) is 0 Å².